The number of rotatable bonds is 13. The van der Waals surface area contributed by atoms with Gasteiger partial charge in [-0.2, -0.15) is 0 Å². The molecular weight excluding hydrogens is 347 g/mol. The molecule has 0 aliphatic rings. The first-order valence-electron chi connectivity index (χ1n) is 8.89. The molecule has 2 nitrogen and oxygen atoms in total. The van der Waals surface area contributed by atoms with Crippen LogP contribution in [0.3, 0.4) is 0 Å². The third-order valence-corrected chi connectivity index (χ3v) is 15.4. The van der Waals surface area contributed by atoms with E-state index in [0.29, 0.717) is 6.04 Å². The first kappa shape index (κ1) is 20.8. The summed E-state index contributed by atoms with van der Waals surface area (Å²) < 4.78 is 4.89. The van der Waals surface area contributed by atoms with Gasteiger partial charge in [-0.1, -0.05) is 0 Å². The SMILES string of the molecule is CCCN(C)CC[CH2][In]([CH2]CC)[CH2]CCN(C)C(C)C. The molecule has 0 bridgehead atoms. The van der Waals surface area contributed by atoms with Crippen LogP contribution in [0.1, 0.15) is 53.4 Å². The van der Waals surface area contributed by atoms with Gasteiger partial charge in [-0.15, -0.1) is 0 Å². The second kappa shape index (κ2) is 13.5. The Balaban J connectivity index is 3.80. The Morgan fingerprint density at radius 1 is 0.800 bits per heavy atom. The Morgan fingerprint density at radius 3 is 1.90 bits per heavy atom. The Hall–Kier alpha value is 0.790. The molecule has 0 spiro atoms. The van der Waals surface area contributed by atoms with Crippen LogP contribution >= 0.6 is 0 Å². The zero-order chi connectivity index (χ0) is 15.4. The van der Waals surface area contributed by atoms with E-state index in [1.54, 1.807) is 12.5 Å². The first-order chi connectivity index (χ1) is 9.51. The summed E-state index contributed by atoms with van der Waals surface area (Å²) in [6.07, 6.45) is 5.66. The number of hydrogen-bond donors (Lipinski definition) is 0. The second-order valence-corrected chi connectivity index (χ2v) is 16.7. The predicted octanol–water partition coefficient (Wildman–Crippen LogP) is 4.35. The molecule has 0 aliphatic carbocycles. The average Bonchev–Trinajstić information content (AvgIpc) is 2.38. The Labute approximate surface area is 136 Å². The van der Waals surface area contributed by atoms with Crippen molar-refractivity contribution in [3.63, 3.8) is 0 Å². The molecule has 0 aliphatic heterocycles. The fourth-order valence-corrected chi connectivity index (χ4v) is 12.0. The van der Waals surface area contributed by atoms with Crippen molar-refractivity contribution in [2.45, 2.75) is 72.0 Å². The third-order valence-electron chi connectivity index (χ3n) is 4.46. The van der Waals surface area contributed by atoms with Gasteiger partial charge < -0.3 is 0 Å². The van der Waals surface area contributed by atoms with Crippen molar-refractivity contribution in [2.75, 3.05) is 33.7 Å². The normalized spacial score (nSPS) is 11.8. The van der Waals surface area contributed by atoms with Crippen molar-refractivity contribution in [1.82, 2.24) is 9.80 Å². The van der Waals surface area contributed by atoms with Crippen LogP contribution < -0.4 is 0 Å². The van der Waals surface area contributed by atoms with Gasteiger partial charge in [0.2, 0.25) is 0 Å². The van der Waals surface area contributed by atoms with E-state index >= 15 is 0 Å². The van der Waals surface area contributed by atoms with Crippen LogP contribution in [0.15, 0.2) is 0 Å². The van der Waals surface area contributed by atoms with E-state index in [-0.39, 0.29) is 0 Å². The number of hydrogen-bond acceptors (Lipinski definition) is 2. The summed E-state index contributed by atoms with van der Waals surface area (Å²) >= 11 is -1.18. The summed E-state index contributed by atoms with van der Waals surface area (Å²) in [6.45, 7) is 13.2. The van der Waals surface area contributed by atoms with Gasteiger partial charge >= 0.3 is 137 Å². The molecule has 0 amide bonds. The van der Waals surface area contributed by atoms with Crippen LogP contribution in [0.4, 0.5) is 0 Å². The maximum atomic E-state index is 2.52. The van der Waals surface area contributed by atoms with Gasteiger partial charge in [-0.3, -0.25) is 0 Å². The summed E-state index contributed by atoms with van der Waals surface area (Å²) in [4.78, 5) is 5.02. The van der Waals surface area contributed by atoms with Gasteiger partial charge in [-0.05, 0) is 0 Å². The fourth-order valence-electron chi connectivity index (χ4n) is 2.87. The molecule has 120 valence electrons. The molecule has 0 atom stereocenters. The fraction of sp³-hybridized carbons (Fsp3) is 1.00. The van der Waals surface area contributed by atoms with E-state index in [9.17, 15) is 0 Å². The standard InChI is InChI=1S/2C7H16N.C3H7.In/c1-5-6-8(4)7(2)3;1-4-6-8(3)7-5-2;1-3-2;/h7H,1,5-6H2,2-4H3;1,4-7H2,2-3H3;1,3H2,2H3;. The zero-order valence-corrected chi connectivity index (χ0v) is 18.4. The van der Waals surface area contributed by atoms with Gasteiger partial charge in [0.1, 0.15) is 0 Å². The minimum absolute atomic E-state index is 0.706. The van der Waals surface area contributed by atoms with Crippen LogP contribution in [0.5, 0.6) is 0 Å². The van der Waals surface area contributed by atoms with Gasteiger partial charge in [0.05, 0.1) is 0 Å². The summed E-state index contributed by atoms with van der Waals surface area (Å²) in [7, 11) is 4.56. The van der Waals surface area contributed by atoms with Crippen LogP contribution in [-0.4, -0.2) is 71.0 Å². The average molecular weight is 386 g/mol. The van der Waals surface area contributed by atoms with Crippen molar-refractivity contribution in [2.24, 2.45) is 0 Å². The zero-order valence-electron chi connectivity index (χ0n) is 15.1. The van der Waals surface area contributed by atoms with Crippen LogP contribution in [0, 0.1) is 0 Å². The van der Waals surface area contributed by atoms with E-state index in [1.807, 2.05) is 0 Å². The van der Waals surface area contributed by atoms with Crippen molar-refractivity contribution in [3.8, 4) is 0 Å². The van der Waals surface area contributed by atoms with E-state index in [4.69, 9.17) is 0 Å². The maximum absolute atomic E-state index is 2.52. The van der Waals surface area contributed by atoms with Gasteiger partial charge in [0.25, 0.3) is 0 Å². The van der Waals surface area contributed by atoms with Crippen molar-refractivity contribution in [1.29, 1.82) is 0 Å². The molecule has 0 heterocycles. The van der Waals surface area contributed by atoms with Crippen molar-refractivity contribution >= 4 is 21.4 Å². The summed E-state index contributed by atoms with van der Waals surface area (Å²) in [5, 5.41) is 0. The molecule has 0 aromatic rings. The number of nitrogens with zero attached hydrogens (tertiary/aromatic N) is 2. The molecule has 0 aromatic carbocycles. The topological polar surface area (TPSA) is 6.48 Å². The minimum atomic E-state index is -1.18. The van der Waals surface area contributed by atoms with Crippen molar-refractivity contribution in [3.05, 3.63) is 0 Å². The second-order valence-electron chi connectivity index (χ2n) is 6.82. The molecule has 3 heteroatoms. The summed E-state index contributed by atoms with van der Waals surface area (Å²) in [6, 6.07) is 0.706. The van der Waals surface area contributed by atoms with E-state index < -0.39 is 21.4 Å². The molecule has 20 heavy (non-hydrogen) atoms. The molecular formula is C17H39InN2. The third kappa shape index (κ3) is 11.4. The molecule has 0 radical (unpaired) electrons. The summed E-state index contributed by atoms with van der Waals surface area (Å²) in [5.74, 6) is 0. The van der Waals surface area contributed by atoms with Gasteiger partial charge in [0.15, 0.2) is 0 Å². The van der Waals surface area contributed by atoms with E-state index in [1.165, 1.54) is 45.3 Å². The Kier molecular flexibility index (Phi) is 14.0. The molecule has 0 aromatic heterocycles. The molecule has 0 N–H and O–H groups in total. The van der Waals surface area contributed by atoms with Crippen molar-refractivity contribution < 1.29 is 0 Å². The molecule has 0 unspecified atom stereocenters. The quantitative estimate of drug-likeness (QED) is 0.464. The van der Waals surface area contributed by atoms with Crippen LogP contribution in [0.25, 0.3) is 0 Å². The molecule has 0 rings (SSSR count). The monoisotopic (exact) mass is 386 g/mol. The van der Waals surface area contributed by atoms with Crippen LogP contribution in [0.2, 0.25) is 12.5 Å². The first-order valence-corrected chi connectivity index (χ1v) is 15.9. The Bertz CT molecular complexity index is 209. The van der Waals surface area contributed by atoms with Crippen LogP contribution in [-0.2, 0) is 0 Å². The molecule has 0 fully saturated rings. The Morgan fingerprint density at radius 2 is 1.40 bits per heavy atom. The van der Waals surface area contributed by atoms with E-state index in [2.05, 4.69) is 51.6 Å². The predicted molar refractivity (Wildman–Crippen MR) is 95.3 cm³/mol. The molecule has 0 saturated carbocycles. The van der Waals surface area contributed by atoms with E-state index in [0.717, 1.165) is 0 Å². The van der Waals surface area contributed by atoms with Gasteiger partial charge in [-0.25, -0.2) is 0 Å². The molecule has 0 saturated heterocycles. The van der Waals surface area contributed by atoms with Gasteiger partial charge in [0, 0.05) is 0 Å². The summed E-state index contributed by atoms with van der Waals surface area (Å²) in [5.41, 5.74) is 0.